The van der Waals surface area contributed by atoms with Crippen LogP contribution in [0.1, 0.15) is 43.9 Å². The molecule has 2 aromatic carbocycles. The quantitative estimate of drug-likeness (QED) is 0.682. The van der Waals surface area contributed by atoms with Crippen molar-refractivity contribution in [1.82, 2.24) is 10.2 Å². The predicted octanol–water partition coefficient (Wildman–Crippen LogP) is 3.78. The molecular formula is C24H32N2O2. The Balaban J connectivity index is 2.02. The molecule has 2 aromatic rings. The Bertz CT molecular complexity index is 741. The third-order valence-corrected chi connectivity index (χ3v) is 5.06. The SMILES string of the molecule is CCNC(=O)C(C)N(CCc1ccccc1)C(=O)CCc1ccc(CC)cc1. The molecule has 150 valence electrons. The van der Waals surface area contributed by atoms with Gasteiger partial charge in [0.1, 0.15) is 6.04 Å². The van der Waals surface area contributed by atoms with Crippen LogP contribution in [0.5, 0.6) is 0 Å². The highest BCUT2D eigenvalue weighted by Gasteiger charge is 2.25. The van der Waals surface area contributed by atoms with Gasteiger partial charge in [0.05, 0.1) is 0 Å². The second-order valence-corrected chi connectivity index (χ2v) is 7.06. The molecule has 0 aliphatic rings. The van der Waals surface area contributed by atoms with E-state index in [4.69, 9.17) is 0 Å². The molecule has 1 atom stereocenters. The van der Waals surface area contributed by atoms with Crippen molar-refractivity contribution in [2.45, 2.75) is 52.5 Å². The third-order valence-electron chi connectivity index (χ3n) is 5.06. The zero-order chi connectivity index (χ0) is 20.4. The maximum atomic E-state index is 13.0. The summed E-state index contributed by atoms with van der Waals surface area (Å²) in [5.41, 5.74) is 3.61. The molecule has 4 nitrogen and oxygen atoms in total. The molecule has 1 N–H and O–H groups in total. The van der Waals surface area contributed by atoms with Gasteiger partial charge in [-0.25, -0.2) is 0 Å². The highest BCUT2D eigenvalue weighted by atomic mass is 16.2. The maximum Gasteiger partial charge on any atom is 0.242 e. The summed E-state index contributed by atoms with van der Waals surface area (Å²) in [7, 11) is 0. The number of nitrogens with one attached hydrogen (secondary N) is 1. The molecule has 2 rings (SSSR count). The molecule has 4 heteroatoms. The molecule has 0 radical (unpaired) electrons. The Morgan fingerprint density at radius 2 is 1.50 bits per heavy atom. The number of carbonyl (C=O) groups excluding carboxylic acids is 2. The molecule has 0 heterocycles. The largest absolute Gasteiger partial charge is 0.355 e. The highest BCUT2D eigenvalue weighted by molar-refractivity contribution is 5.87. The lowest BCUT2D eigenvalue weighted by atomic mass is 10.0. The number of nitrogens with zero attached hydrogens (tertiary/aromatic N) is 1. The Morgan fingerprint density at radius 1 is 0.893 bits per heavy atom. The minimum absolute atomic E-state index is 0.0225. The van der Waals surface area contributed by atoms with Crippen molar-refractivity contribution < 1.29 is 9.59 Å². The molecule has 0 saturated carbocycles. The summed E-state index contributed by atoms with van der Waals surface area (Å²) in [5, 5.41) is 2.83. The fourth-order valence-electron chi connectivity index (χ4n) is 3.23. The normalized spacial score (nSPS) is 11.7. The number of hydrogen-bond acceptors (Lipinski definition) is 2. The van der Waals surface area contributed by atoms with E-state index >= 15 is 0 Å². The predicted molar refractivity (Wildman–Crippen MR) is 114 cm³/mol. The van der Waals surface area contributed by atoms with E-state index in [2.05, 4.69) is 48.6 Å². The van der Waals surface area contributed by atoms with Gasteiger partial charge in [-0.2, -0.15) is 0 Å². The summed E-state index contributed by atoms with van der Waals surface area (Å²) in [6, 6.07) is 18.0. The van der Waals surface area contributed by atoms with Crippen molar-refractivity contribution in [3.63, 3.8) is 0 Å². The molecule has 0 spiro atoms. The molecule has 2 amide bonds. The minimum Gasteiger partial charge on any atom is -0.355 e. The first-order chi connectivity index (χ1) is 13.5. The topological polar surface area (TPSA) is 49.4 Å². The number of hydrogen-bond donors (Lipinski definition) is 1. The Kier molecular flexibility index (Phi) is 8.73. The minimum atomic E-state index is -0.473. The Morgan fingerprint density at radius 3 is 2.11 bits per heavy atom. The van der Waals surface area contributed by atoms with Crippen LogP contribution in [0.4, 0.5) is 0 Å². The Hall–Kier alpha value is -2.62. The van der Waals surface area contributed by atoms with Crippen LogP contribution in [0.25, 0.3) is 0 Å². The van der Waals surface area contributed by atoms with Crippen molar-refractivity contribution in [3.8, 4) is 0 Å². The second-order valence-electron chi connectivity index (χ2n) is 7.06. The molecule has 0 fully saturated rings. The molecule has 0 bridgehead atoms. The first-order valence-electron chi connectivity index (χ1n) is 10.2. The van der Waals surface area contributed by atoms with E-state index in [1.54, 1.807) is 4.90 Å². The first-order valence-corrected chi connectivity index (χ1v) is 10.2. The molecule has 0 saturated heterocycles. The number of amides is 2. The Labute approximate surface area is 169 Å². The number of rotatable bonds is 10. The smallest absolute Gasteiger partial charge is 0.242 e. The number of carbonyl (C=O) groups is 2. The van der Waals surface area contributed by atoms with Crippen molar-refractivity contribution in [1.29, 1.82) is 0 Å². The lowest BCUT2D eigenvalue weighted by Gasteiger charge is -2.28. The molecular weight excluding hydrogens is 348 g/mol. The zero-order valence-electron chi connectivity index (χ0n) is 17.3. The van der Waals surface area contributed by atoms with Gasteiger partial charge in [-0.1, -0.05) is 61.5 Å². The highest BCUT2D eigenvalue weighted by Crippen LogP contribution is 2.12. The van der Waals surface area contributed by atoms with Gasteiger partial charge in [0.2, 0.25) is 11.8 Å². The summed E-state index contributed by atoms with van der Waals surface area (Å²) in [6.07, 6.45) is 2.84. The van der Waals surface area contributed by atoms with E-state index in [0.29, 0.717) is 25.9 Å². The fraction of sp³-hybridized carbons (Fsp3) is 0.417. The maximum absolute atomic E-state index is 13.0. The molecule has 28 heavy (non-hydrogen) atoms. The van der Waals surface area contributed by atoms with Crippen LogP contribution in [-0.4, -0.2) is 35.8 Å². The van der Waals surface area contributed by atoms with Crippen molar-refractivity contribution in [2.75, 3.05) is 13.1 Å². The van der Waals surface area contributed by atoms with Gasteiger partial charge in [-0.05, 0) is 49.8 Å². The van der Waals surface area contributed by atoms with Gasteiger partial charge in [0.25, 0.3) is 0 Å². The third kappa shape index (κ3) is 6.52. The standard InChI is InChI=1S/C24H32N2O2/c1-4-20-11-13-22(14-12-20)15-16-23(27)26(19(3)24(28)25-5-2)18-17-21-9-7-6-8-10-21/h6-14,19H,4-5,15-18H2,1-3H3,(H,25,28). The van der Waals surface area contributed by atoms with E-state index in [1.807, 2.05) is 32.0 Å². The van der Waals surface area contributed by atoms with Crippen LogP contribution in [0.3, 0.4) is 0 Å². The number of likely N-dealkylation sites (N-methyl/N-ethyl adjacent to an activating group) is 1. The lowest BCUT2D eigenvalue weighted by Crippen LogP contribution is -2.48. The van der Waals surface area contributed by atoms with Crippen LogP contribution in [0, 0.1) is 0 Å². The van der Waals surface area contributed by atoms with Gasteiger partial charge in [0, 0.05) is 19.5 Å². The summed E-state index contributed by atoms with van der Waals surface area (Å²) in [4.78, 5) is 27.0. The molecule has 0 aliphatic carbocycles. The van der Waals surface area contributed by atoms with E-state index in [9.17, 15) is 9.59 Å². The van der Waals surface area contributed by atoms with Crippen LogP contribution in [-0.2, 0) is 28.9 Å². The van der Waals surface area contributed by atoms with Crippen LogP contribution >= 0.6 is 0 Å². The molecule has 1 unspecified atom stereocenters. The summed E-state index contributed by atoms with van der Waals surface area (Å²) in [6.45, 7) is 6.93. The molecule has 0 aromatic heterocycles. The number of benzene rings is 2. The van der Waals surface area contributed by atoms with Crippen LogP contribution < -0.4 is 5.32 Å². The average molecular weight is 381 g/mol. The first kappa shape index (κ1) is 21.7. The molecule has 0 aliphatic heterocycles. The van der Waals surface area contributed by atoms with E-state index in [-0.39, 0.29) is 11.8 Å². The summed E-state index contributed by atoms with van der Waals surface area (Å²) >= 11 is 0. The fourth-order valence-corrected chi connectivity index (χ4v) is 3.23. The van der Waals surface area contributed by atoms with Crippen LogP contribution in [0.2, 0.25) is 0 Å². The van der Waals surface area contributed by atoms with Gasteiger partial charge in [0.15, 0.2) is 0 Å². The van der Waals surface area contributed by atoms with Crippen molar-refractivity contribution >= 4 is 11.8 Å². The monoisotopic (exact) mass is 380 g/mol. The summed E-state index contributed by atoms with van der Waals surface area (Å²) < 4.78 is 0. The van der Waals surface area contributed by atoms with Gasteiger partial charge < -0.3 is 10.2 Å². The van der Waals surface area contributed by atoms with Crippen LogP contribution in [0.15, 0.2) is 54.6 Å². The number of aryl methyl sites for hydroxylation is 2. The van der Waals surface area contributed by atoms with E-state index in [0.717, 1.165) is 18.4 Å². The zero-order valence-corrected chi connectivity index (χ0v) is 17.3. The lowest BCUT2D eigenvalue weighted by molar-refractivity contribution is -0.139. The van der Waals surface area contributed by atoms with Crippen molar-refractivity contribution in [3.05, 3.63) is 71.3 Å². The van der Waals surface area contributed by atoms with Gasteiger partial charge in [-0.15, -0.1) is 0 Å². The van der Waals surface area contributed by atoms with Crippen molar-refractivity contribution in [2.24, 2.45) is 0 Å². The van der Waals surface area contributed by atoms with Gasteiger partial charge >= 0.3 is 0 Å². The van der Waals surface area contributed by atoms with E-state index < -0.39 is 6.04 Å². The summed E-state index contributed by atoms with van der Waals surface area (Å²) in [5.74, 6) is -0.0783. The van der Waals surface area contributed by atoms with E-state index in [1.165, 1.54) is 11.1 Å². The average Bonchev–Trinajstić information content (AvgIpc) is 2.73. The van der Waals surface area contributed by atoms with Gasteiger partial charge in [-0.3, -0.25) is 9.59 Å². The second kappa shape index (κ2) is 11.3.